The Kier molecular flexibility index (Phi) is 4.19. The molecule has 128 valence electrons. The molecule has 0 radical (unpaired) electrons. The van der Waals surface area contributed by atoms with Gasteiger partial charge in [0.25, 0.3) is 5.91 Å². The average Bonchev–Trinajstić information content (AvgIpc) is 3.04. The Morgan fingerprint density at radius 1 is 1.00 bits per heavy atom. The number of hydrogen-bond donors (Lipinski definition) is 1. The number of fused-ring (bicyclic) bond motifs is 1. The Hall–Kier alpha value is -3.47. The first-order valence-corrected chi connectivity index (χ1v) is 8.42. The molecular weight excluding hydrogens is 324 g/mol. The third-order valence-electron chi connectivity index (χ3n) is 4.36. The third-order valence-corrected chi connectivity index (χ3v) is 4.36. The molecule has 1 amide bonds. The summed E-state index contributed by atoms with van der Waals surface area (Å²) in [5, 5.41) is 8.57. The molecule has 26 heavy (non-hydrogen) atoms. The van der Waals surface area contributed by atoms with Crippen LogP contribution in [0.2, 0.25) is 0 Å². The first-order chi connectivity index (χ1) is 12.7. The lowest BCUT2D eigenvalue weighted by Gasteiger charge is -2.07. The van der Waals surface area contributed by atoms with E-state index >= 15 is 0 Å². The van der Waals surface area contributed by atoms with Crippen LogP contribution in [0.25, 0.3) is 22.2 Å². The molecule has 0 fully saturated rings. The number of amides is 1. The van der Waals surface area contributed by atoms with Gasteiger partial charge in [0.2, 0.25) is 0 Å². The fraction of sp³-hybridized carbons (Fsp3) is 0.0952. The number of carbonyl (C=O) groups excluding carboxylic acids is 1. The van der Waals surface area contributed by atoms with Crippen LogP contribution in [0.4, 0.5) is 0 Å². The molecule has 0 aliphatic carbocycles. The zero-order valence-electron chi connectivity index (χ0n) is 14.4. The van der Waals surface area contributed by atoms with Gasteiger partial charge in [0.05, 0.1) is 11.1 Å². The zero-order valence-corrected chi connectivity index (χ0v) is 14.4. The molecule has 4 rings (SSSR count). The molecule has 0 atom stereocenters. The Labute approximate surface area is 151 Å². The van der Waals surface area contributed by atoms with E-state index in [4.69, 9.17) is 0 Å². The summed E-state index contributed by atoms with van der Waals surface area (Å²) in [6.45, 7) is 0.491. The van der Waals surface area contributed by atoms with Gasteiger partial charge in [-0.2, -0.15) is 5.10 Å². The van der Waals surface area contributed by atoms with Crippen molar-refractivity contribution in [3.63, 3.8) is 0 Å². The molecule has 0 saturated heterocycles. The van der Waals surface area contributed by atoms with Crippen LogP contribution < -0.4 is 5.32 Å². The smallest absolute Gasteiger partial charge is 0.253 e. The summed E-state index contributed by atoms with van der Waals surface area (Å²) in [6.07, 6.45) is 3.48. The van der Waals surface area contributed by atoms with Crippen LogP contribution in [0.3, 0.4) is 0 Å². The van der Waals surface area contributed by atoms with Gasteiger partial charge < -0.3 is 5.32 Å². The number of nitrogens with zero attached hydrogens (tertiary/aromatic N) is 3. The summed E-state index contributed by atoms with van der Waals surface area (Å²) >= 11 is 0. The number of rotatable bonds is 4. The Bertz CT molecular complexity index is 1060. The predicted octanol–water partition coefficient (Wildman–Crippen LogP) is 3.57. The maximum atomic E-state index is 12.8. The Morgan fingerprint density at radius 2 is 1.77 bits per heavy atom. The van der Waals surface area contributed by atoms with Gasteiger partial charge in [-0.05, 0) is 23.8 Å². The highest BCUT2D eigenvalue weighted by molar-refractivity contribution is 6.08. The Balaban J connectivity index is 1.70. The molecule has 0 unspecified atom stereocenters. The first kappa shape index (κ1) is 16.0. The molecule has 2 heterocycles. The van der Waals surface area contributed by atoms with Gasteiger partial charge in [0.15, 0.2) is 0 Å². The summed E-state index contributed by atoms with van der Waals surface area (Å²) in [5.74, 6) is -0.108. The number of aryl methyl sites for hydroxylation is 1. The normalized spacial score (nSPS) is 10.8. The summed E-state index contributed by atoms with van der Waals surface area (Å²) in [6, 6.07) is 19.4. The van der Waals surface area contributed by atoms with E-state index in [1.807, 2.05) is 67.7 Å². The van der Waals surface area contributed by atoms with E-state index in [1.165, 1.54) is 0 Å². The topological polar surface area (TPSA) is 59.8 Å². The minimum absolute atomic E-state index is 0.108. The molecule has 4 aromatic rings. The lowest BCUT2D eigenvalue weighted by Crippen LogP contribution is -2.23. The van der Waals surface area contributed by atoms with Crippen molar-refractivity contribution in [3.8, 4) is 11.3 Å². The van der Waals surface area contributed by atoms with Gasteiger partial charge in [0.1, 0.15) is 5.69 Å². The molecule has 0 aliphatic rings. The molecule has 2 aromatic carbocycles. The largest absolute Gasteiger partial charge is 0.348 e. The molecule has 1 N–H and O–H groups in total. The van der Waals surface area contributed by atoms with Crippen LogP contribution in [0, 0.1) is 0 Å². The predicted molar refractivity (Wildman–Crippen MR) is 102 cm³/mol. The summed E-state index contributed by atoms with van der Waals surface area (Å²) in [7, 11) is 1.86. The number of nitrogens with one attached hydrogen (secondary N) is 1. The molecule has 2 aromatic heterocycles. The van der Waals surface area contributed by atoms with E-state index in [1.54, 1.807) is 17.1 Å². The van der Waals surface area contributed by atoms with E-state index in [9.17, 15) is 4.79 Å². The molecule has 5 nitrogen and oxygen atoms in total. The first-order valence-electron chi connectivity index (χ1n) is 8.42. The van der Waals surface area contributed by atoms with Crippen molar-refractivity contribution in [2.24, 2.45) is 7.05 Å². The molecule has 0 saturated carbocycles. The van der Waals surface area contributed by atoms with Crippen molar-refractivity contribution in [1.29, 1.82) is 0 Å². The maximum Gasteiger partial charge on any atom is 0.253 e. The lowest BCUT2D eigenvalue weighted by atomic mass is 10.1. The standard InChI is InChI=1S/C21H18N4O/c1-25-20-17(19(24-25)16-10-12-22-13-11-16)8-5-9-18(20)21(26)23-14-15-6-3-2-4-7-15/h2-13H,14H2,1H3,(H,23,26). The number of para-hydroxylation sites is 1. The molecular formula is C21H18N4O. The summed E-state index contributed by atoms with van der Waals surface area (Å²) in [4.78, 5) is 16.8. The van der Waals surface area contributed by atoms with Crippen molar-refractivity contribution in [1.82, 2.24) is 20.1 Å². The van der Waals surface area contributed by atoms with Crippen LogP contribution >= 0.6 is 0 Å². The lowest BCUT2D eigenvalue weighted by molar-refractivity contribution is 0.0952. The Morgan fingerprint density at radius 3 is 2.54 bits per heavy atom. The van der Waals surface area contributed by atoms with Gasteiger partial charge in [-0.3, -0.25) is 14.5 Å². The van der Waals surface area contributed by atoms with E-state index < -0.39 is 0 Å². The van der Waals surface area contributed by atoms with Crippen LogP contribution in [-0.4, -0.2) is 20.7 Å². The SMILES string of the molecule is Cn1nc(-c2ccncc2)c2cccc(C(=O)NCc3ccccc3)c21. The third kappa shape index (κ3) is 2.95. The molecule has 0 spiro atoms. The average molecular weight is 342 g/mol. The minimum Gasteiger partial charge on any atom is -0.348 e. The number of benzene rings is 2. The summed E-state index contributed by atoms with van der Waals surface area (Å²) in [5.41, 5.74) is 4.34. The zero-order chi connectivity index (χ0) is 17.9. The van der Waals surface area contributed by atoms with Crippen LogP contribution in [0.1, 0.15) is 15.9 Å². The van der Waals surface area contributed by atoms with Gasteiger partial charge in [-0.1, -0.05) is 42.5 Å². The maximum absolute atomic E-state index is 12.8. The molecule has 0 bridgehead atoms. The van der Waals surface area contributed by atoms with Crippen LogP contribution in [-0.2, 0) is 13.6 Å². The van der Waals surface area contributed by atoms with E-state index in [0.717, 1.165) is 27.7 Å². The second-order valence-electron chi connectivity index (χ2n) is 6.08. The monoisotopic (exact) mass is 342 g/mol. The van der Waals surface area contributed by atoms with Crippen molar-refractivity contribution in [2.75, 3.05) is 0 Å². The molecule has 5 heteroatoms. The van der Waals surface area contributed by atoms with Gasteiger partial charge >= 0.3 is 0 Å². The number of pyridine rings is 1. The fourth-order valence-corrected chi connectivity index (χ4v) is 3.12. The second-order valence-corrected chi connectivity index (χ2v) is 6.08. The number of carbonyl (C=O) groups is 1. The minimum atomic E-state index is -0.108. The quantitative estimate of drug-likeness (QED) is 0.617. The van der Waals surface area contributed by atoms with Crippen molar-refractivity contribution in [2.45, 2.75) is 6.54 Å². The van der Waals surface area contributed by atoms with Gasteiger partial charge in [-0.15, -0.1) is 0 Å². The van der Waals surface area contributed by atoms with Gasteiger partial charge in [-0.25, -0.2) is 0 Å². The molecule has 0 aliphatic heterocycles. The van der Waals surface area contributed by atoms with Crippen molar-refractivity contribution >= 4 is 16.8 Å². The van der Waals surface area contributed by atoms with E-state index in [-0.39, 0.29) is 5.91 Å². The van der Waals surface area contributed by atoms with Crippen LogP contribution in [0.5, 0.6) is 0 Å². The number of hydrogen-bond acceptors (Lipinski definition) is 3. The van der Waals surface area contributed by atoms with E-state index in [2.05, 4.69) is 15.4 Å². The van der Waals surface area contributed by atoms with Crippen molar-refractivity contribution < 1.29 is 4.79 Å². The highest BCUT2D eigenvalue weighted by Gasteiger charge is 2.17. The van der Waals surface area contributed by atoms with Crippen LogP contribution in [0.15, 0.2) is 73.1 Å². The van der Waals surface area contributed by atoms with Gasteiger partial charge in [0, 0.05) is 36.9 Å². The van der Waals surface area contributed by atoms with Crippen molar-refractivity contribution in [3.05, 3.63) is 84.2 Å². The fourth-order valence-electron chi connectivity index (χ4n) is 3.12. The summed E-state index contributed by atoms with van der Waals surface area (Å²) < 4.78 is 1.77. The highest BCUT2D eigenvalue weighted by Crippen LogP contribution is 2.29. The second kappa shape index (κ2) is 6.80. The highest BCUT2D eigenvalue weighted by atomic mass is 16.1. The number of aromatic nitrogens is 3. The van der Waals surface area contributed by atoms with E-state index in [0.29, 0.717) is 12.1 Å².